The van der Waals surface area contributed by atoms with Gasteiger partial charge in [-0.15, -0.1) is 0 Å². The second kappa shape index (κ2) is 8.37. The maximum Gasteiger partial charge on any atom is 0.442 e. The summed E-state index contributed by atoms with van der Waals surface area (Å²) in [6.45, 7) is 1.90. The van der Waals surface area contributed by atoms with E-state index < -0.39 is 10.9 Å². The Morgan fingerprint density at radius 1 is 1.23 bits per heavy atom. The molecule has 0 radical (unpaired) electrons. The van der Waals surface area contributed by atoms with Gasteiger partial charge >= 0.3 is 10.7 Å². The van der Waals surface area contributed by atoms with E-state index in [1.54, 1.807) is 4.68 Å². The number of amides is 1. The number of anilines is 1. The van der Waals surface area contributed by atoms with Crippen molar-refractivity contribution < 1.29 is 14.0 Å². The fourth-order valence-corrected chi connectivity index (χ4v) is 3.72. The van der Waals surface area contributed by atoms with E-state index in [1.807, 2.05) is 61.5 Å². The van der Waals surface area contributed by atoms with E-state index in [0.29, 0.717) is 17.1 Å². The third-order valence-electron chi connectivity index (χ3n) is 3.67. The monoisotopic (exact) mass is 434 g/mol. The molecule has 0 spiro atoms. The van der Waals surface area contributed by atoms with E-state index in [9.17, 15) is 9.59 Å². The molecule has 0 saturated heterocycles. The van der Waals surface area contributed by atoms with Crippen molar-refractivity contribution in [3.8, 4) is 5.69 Å². The minimum Gasteiger partial charge on any atom is -0.324 e. The van der Waals surface area contributed by atoms with Crippen LogP contribution in [0, 0.1) is 0 Å². The van der Waals surface area contributed by atoms with Crippen molar-refractivity contribution >= 4 is 39.3 Å². The highest BCUT2D eigenvalue weighted by Gasteiger charge is 2.30. The predicted molar refractivity (Wildman–Crippen MR) is 104 cm³/mol. The van der Waals surface area contributed by atoms with Crippen LogP contribution in [0.3, 0.4) is 0 Å². The van der Waals surface area contributed by atoms with Gasteiger partial charge in [0.15, 0.2) is 0 Å². The second-order valence-corrected chi connectivity index (χ2v) is 7.49. The highest BCUT2D eigenvalue weighted by atomic mass is 79.9. The number of H-pyrrole nitrogens is 1. The largest absolute Gasteiger partial charge is 0.442 e. The Bertz CT molecular complexity index is 956. The van der Waals surface area contributed by atoms with Gasteiger partial charge in [-0.2, -0.15) is 0 Å². The zero-order valence-corrected chi connectivity index (χ0v) is 16.3. The van der Waals surface area contributed by atoms with Crippen molar-refractivity contribution in [1.29, 1.82) is 0 Å². The molecule has 1 aromatic heterocycles. The second-order valence-electron chi connectivity index (χ2n) is 5.44. The first-order chi connectivity index (χ1) is 12.6. The Kier molecular flexibility index (Phi) is 5.95. The van der Waals surface area contributed by atoms with Crippen molar-refractivity contribution in [3.05, 3.63) is 69.5 Å². The van der Waals surface area contributed by atoms with E-state index in [-0.39, 0.29) is 5.91 Å². The molecule has 0 saturated carbocycles. The smallest absolute Gasteiger partial charge is 0.324 e. The lowest BCUT2D eigenvalue weighted by Gasteiger charge is -2.13. The molecule has 1 unspecified atom stereocenters. The number of thioether (sulfide) groups is 1. The molecule has 0 aliphatic rings. The molecule has 2 aromatic carbocycles. The highest BCUT2D eigenvalue weighted by molar-refractivity contribution is 9.10. The van der Waals surface area contributed by atoms with E-state index >= 15 is 0 Å². The molecule has 0 aliphatic heterocycles. The Morgan fingerprint density at radius 2 is 1.92 bits per heavy atom. The summed E-state index contributed by atoms with van der Waals surface area (Å²) in [7, 11) is 0. The van der Waals surface area contributed by atoms with Crippen molar-refractivity contribution in [2.24, 2.45) is 0 Å². The molecule has 1 atom stereocenters. The summed E-state index contributed by atoms with van der Waals surface area (Å²) in [6, 6.07) is 16.7. The molecule has 1 heterocycles. The van der Waals surface area contributed by atoms with Crippen molar-refractivity contribution in [3.63, 3.8) is 0 Å². The average Bonchev–Trinajstić information content (AvgIpc) is 3.02. The molecule has 1 amide bonds. The standard InChI is InChI=1S/C18H16BrN3O3S/c1-2-15(16(23)20-14-11-7-6-10-13(14)19)26-17-18(24)25-21-22(17)12-8-4-3-5-9-12/h3-11,15H,2H2,1H3,(H-,20,21,23,24)/p+1. The summed E-state index contributed by atoms with van der Waals surface area (Å²) in [6.07, 6.45) is 0.556. The van der Waals surface area contributed by atoms with Crippen LogP contribution in [0.2, 0.25) is 0 Å². The van der Waals surface area contributed by atoms with Crippen LogP contribution in [0.15, 0.2) is 73.4 Å². The lowest BCUT2D eigenvalue weighted by atomic mass is 10.3. The maximum atomic E-state index is 12.7. The number of nitrogens with one attached hydrogen (secondary N) is 2. The van der Waals surface area contributed by atoms with Gasteiger partial charge in [-0.3, -0.25) is 9.32 Å². The molecule has 8 heteroatoms. The molecular formula is C18H17BrN3O3S+. The number of para-hydroxylation sites is 2. The number of rotatable bonds is 6. The van der Waals surface area contributed by atoms with Crippen molar-refractivity contribution in [2.75, 3.05) is 5.32 Å². The summed E-state index contributed by atoms with van der Waals surface area (Å²) < 4.78 is 7.28. The number of hydrogen-bond acceptors (Lipinski definition) is 4. The fourth-order valence-electron chi connectivity index (χ4n) is 2.34. The molecule has 2 N–H and O–H groups in total. The lowest BCUT2D eigenvalue weighted by Crippen LogP contribution is -2.37. The molecule has 134 valence electrons. The van der Waals surface area contributed by atoms with Crippen LogP contribution in [0.4, 0.5) is 5.69 Å². The number of hydrogen-bond donors (Lipinski definition) is 2. The number of carbonyl (C=O) groups excluding carboxylic acids is 1. The first kappa shape index (κ1) is 18.5. The minimum absolute atomic E-state index is 0.176. The van der Waals surface area contributed by atoms with Gasteiger partial charge in [-0.1, -0.05) is 37.3 Å². The first-order valence-electron chi connectivity index (χ1n) is 8.01. The summed E-state index contributed by atoms with van der Waals surface area (Å²) in [5.41, 5.74) is 0.932. The summed E-state index contributed by atoms with van der Waals surface area (Å²) in [5.74, 6) is -0.176. The molecular weight excluding hydrogens is 418 g/mol. The highest BCUT2D eigenvalue weighted by Crippen LogP contribution is 2.25. The Hall–Kier alpha value is -2.32. The summed E-state index contributed by atoms with van der Waals surface area (Å²) in [4.78, 5) is 24.8. The predicted octanol–water partition coefficient (Wildman–Crippen LogP) is 3.52. The maximum absolute atomic E-state index is 12.7. The summed E-state index contributed by atoms with van der Waals surface area (Å²) in [5, 5.41) is 5.36. The molecule has 6 nitrogen and oxygen atoms in total. The quantitative estimate of drug-likeness (QED) is 0.459. The van der Waals surface area contributed by atoms with Crippen LogP contribution in [0.5, 0.6) is 0 Å². The number of aromatic amines is 1. The van der Waals surface area contributed by atoms with Gasteiger partial charge < -0.3 is 5.32 Å². The molecule has 0 bridgehead atoms. The third-order valence-corrected chi connectivity index (χ3v) is 5.77. The zero-order valence-electron chi connectivity index (χ0n) is 13.9. The van der Waals surface area contributed by atoms with E-state index in [0.717, 1.165) is 10.2 Å². The van der Waals surface area contributed by atoms with Crippen LogP contribution in [-0.4, -0.2) is 16.4 Å². The van der Waals surface area contributed by atoms with Gasteiger partial charge in [0.1, 0.15) is 0 Å². The van der Waals surface area contributed by atoms with Gasteiger partial charge in [0.25, 0.3) is 0 Å². The minimum atomic E-state index is -0.508. The Balaban J connectivity index is 1.83. The van der Waals surface area contributed by atoms with Crippen molar-refractivity contribution in [2.45, 2.75) is 23.6 Å². The molecule has 3 aromatic rings. The summed E-state index contributed by atoms with van der Waals surface area (Å²) >= 11 is 4.59. The number of benzene rings is 2. The number of carbonyl (C=O) groups is 1. The van der Waals surface area contributed by atoms with Crippen LogP contribution < -0.4 is 15.6 Å². The number of nitrogens with zero attached hydrogens (tertiary/aromatic N) is 1. The molecule has 3 rings (SSSR count). The fraction of sp³-hybridized carbons (Fsp3) is 0.167. The van der Waals surface area contributed by atoms with Gasteiger partial charge in [-0.05, 0) is 56.2 Å². The Labute approximate surface area is 162 Å². The zero-order chi connectivity index (χ0) is 18.5. The Morgan fingerprint density at radius 3 is 2.62 bits per heavy atom. The third kappa shape index (κ3) is 4.08. The first-order valence-corrected chi connectivity index (χ1v) is 9.68. The van der Waals surface area contributed by atoms with Crippen molar-refractivity contribution in [1.82, 2.24) is 5.27 Å². The molecule has 0 aliphatic carbocycles. The molecule has 26 heavy (non-hydrogen) atoms. The number of aromatic nitrogens is 2. The normalized spacial score (nSPS) is 11.9. The van der Waals surface area contributed by atoms with E-state index in [2.05, 4.69) is 26.5 Å². The average molecular weight is 435 g/mol. The van der Waals surface area contributed by atoms with Gasteiger partial charge in [-0.25, -0.2) is 4.79 Å². The van der Waals surface area contributed by atoms with Gasteiger partial charge in [0.2, 0.25) is 11.6 Å². The topological polar surface area (TPSA) is 79.0 Å². The lowest BCUT2D eigenvalue weighted by molar-refractivity contribution is -0.704. The SMILES string of the molecule is CCC(Sc1c(=O)o[nH][n+]1-c1ccccc1)C(=O)Nc1ccccc1Br. The van der Waals surface area contributed by atoms with E-state index in [1.165, 1.54) is 11.8 Å². The van der Waals surface area contributed by atoms with Crippen LogP contribution in [-0.2, 0) is 4.79 Å². The van der Waals surface area contributed by atoms with Crippen LogP contribution in [0.1, 0.15) is 13.3 Å². The van der Waals surface area contributed by atoms with Crippen LogP contribution >= 0.6 is 27.7 Å². The number of halogens is 1. The van der Waals surface area contributed by atoms with Gasteiger partial charge in [0, 0.05) is 16.6 Å². The van der Waals surface area contributed by atoms with E-state index in [4.69, 9.17) is 4.52 Å². The van der Waals surface area contributed by atoms with Crippen LogP contribution in [0.25, 0.3) is 5.69 Å². The molecule has 0 fully saturated rings. The van der Waals surface area contributed by atoms with Gasteiger partial charge in [0.05, 0.1) is 10.9 Å².